The molecule has 0 spiro atoms. The van der Waals surface area contributed by atoms with Crippen molar-refractivity contribution < 1.29 is 5.11 Å². The zero-order chi connectivity index (χ0) is 27.6. The van der Waals surface area contributed by atoms with E-state index in [0.717, 1.165) is 54.5 Å². The summed E-state index contributed by atoms with van der Waals surface area (Å²) in [5, 5.41) is 18.2. The Kier molecular flexibility index (Phi) is 5.50. The maximum Gasteiger partial charge on any atom is 0.142 e. The Morgan fingerprint density at radius 3 is 1.56 bits per heavy atom. The fourth-order valence-electron chi connectivity index (χ4n) is 6.78. The largest absolute Gasteiger partial charge is 0.376 e. The van der Waals surface area contributed by atoms with Crippen LogP contribution in [0.25, 0.3) is 54.9 Å². The van der Waals surface area contributed by atoms with E-state index in [9.17, 15) is 5.11 Å². The molecule has 1 aliphatic carbocycles. The molecule has 7 aromatic carbocycles. The van der Waals surface area contributed by atoms with Gasteiger partial charge in [-0.25, -0.2) is 0 Å². The Hall–Kier alpha value is -4.50. The van der Waals surface area contributed by atoms with Crippen LogP contribution in [0.2, 0.25) is 0 Å². The van der Waals surface area contributed by atoms with Crippen molar-refractivity contribution in [2.45, 2.75) is 5.60 Å². The monoisotopic (exact) mass is 588 g/mol. The average molecular weight is 590 g/mol. The van der Waals surface area contributed by atoms with E-state index in [1.807, 2.05) is 12.1 Å². The van der Waals surface area contributed by atoms with Crippen molar-refractivity contribution in [2.24, 2.45) is 0 Å². The average Bonchev–Trinajstić information content (AvgIpc) is 3.12. The van der Waals surface area contributed by atoms with Crippen LogP contribution in [0.15, 0.2) is 150 Å². The number of rotatable bonds is 2. The van der Waals surface area contributed by atoms with Crippen molar-refractivity contribution in [1.29, 1.82) is 0 Å². The minimum absolute atomic E-state index is 0.861. The lowest BCUT2D eigenvalue weighted by atomic mass is 9.74. The van der Waals surface area contributed by atoms with Crippen molar-refractivity contribution in [1.82, 2.24) is 0 Å². The SMILES string of the molecule is OC1(c2ccccc2-c2cc3ccccc3c3ccccc23)c2ccccc2-c2ccccc2-c2ccc(Br)cc21. The van der Waals surface area contributed by atoms with Crippen LogP contribution >= 0.6 is 15.9 Å². The summed E-state index contributed by atoms with van der Waals surface area (Å²) in [6.07, 6.45) is 0. The first-order valence-corrected chi connectivity index (χ1v) is 14.7. The van der Waals surface area contributed by atoms with Gasteiger partial charge in [0.05, 0.1) is 0 Å². The smallest absolute Gasteiger partial charge is 0.142 e. The highest BCUT2D eigenvalue weighted by Gasteiger charge is 2.42. The van der Waals surface area contributed by atoms with Gasteiger partial charge in [-0.2, -0.15) is 0 Å². The predicted molar refractivity (Wildman–Crippen MR) is 174 cm³/mol. The van der Waals surface area contributed by atoms with Gasteiger partial charge in [-0.15, -0.1) is 0 Å². The number of benzene rings is 7. The van der Waals surface area contributed by atoms with Crippen LogP contribution in [0.1, 0.15) is 16.7 Å². The van der Waals surface area contributed by atoms with Crippen molar-refractivity contribution in [2.75, 3.05) is 0 Å². The molecule has 1 aliphatic rings. The second-order valence-electron chi connectivity index (χ2n) is 10.7. The van der Waals surface area contributed by atoms with Gasteiger partial charge >= 0.3 is 0 Å². The number of aliphatic hydroxyl groups is 1. The molecule has 2 heteroatoms. The first-order chi connectivity index (χ1) is 20.1. The van der Waals surface area contributed by atoms with E-state index < -0.39 is 5.60 Å². The van der Waals surface area contributed by atoms with Crippen molar-refractivity contribution in [3.8, 4) is 33.4 Å². The molecule has 0 bridgehead atoms. The summed E-state index contributed by atoms with van der Waals surface area (Å²) >= 11 is 3.73. The van der Waals surface area contributed by atoms with Gasteiger partial charge < -0.3 is 5.11 Å². The molecule has 1 N–H and O–H groups in total. The third-order valence-corrected chi connectivity index (χ3v) is 9.06. The Bertz CT molecular complexity index is 2140. The Balaban J connectivity index is 1.52. The van der Waals surface area contributed by atoms with Crippen molar-refractivity contribution in [3.05, 3.63) is 167 Å². The second-order valence-corrected chi connectivity index (χ2v) is 11.6. The summed E-state index contributed by atoms with van der Waals surface area (Å²) in [7, 11) is 0. The molecule has 1 atom stereocenters. The zero-order valence-corrected chi connectivity index (χ0v) is 23.8. The standard InChI is InChI=1S/C39H25BrO/c40-26-21-22-34-30-15-5-4-14-29(30)32-17-7-9-19-36(32)39(41,38(34)24-26)37-20-10-8-18-33(37)35-23-25-11-1-2-12-27(25)28-13-3-6-16-31(28)35/h1-24,41H. The summed E-state index contributed by atoms with van der Waals surface area (Å²) in [6, 6.07) is 50.8. The van der Waals surface area contributed by atoms with Crippen LogP contribution in [-0.2, 0) is 5.60 Å². The van der Waals surface area contributed by atoms with E-state index in [1.165, 1.54) is 21.5 Å². The number of fused-ring (bicyclic) bond motifs is 8. The molecule has 1 nitrogen and oxygen atoms in total. The molecular formula is C39H25BrO. The maximum atomic E-state index is 13.4. The molecule has 0 aliphatic heterocycles. The topological polar surface area (TPSA) is 20.2 Å². The maximum absolute atomic E-state index is 13.4. The minimum atomic E-state index is -1.42. The molecule has 0 saturated heterocycles. The molecule has 0 fully saturated rings. The lowest BCUT2D eigenvalue weighted by molar-refractivity contribution is 0.128. The van der Waals surface area contributed by atoms with E-state index >= 15 is 0 Å². The van der Waals surface area contributed by atoms with E-state index in [2.05, 4.69) is 149 Å². The summed E-state index contributed by atoms with van der Waals surface area (Å²) in [6.45, 7) is 0. The zero-order valence-electron chi connectivity index (χ0n) is 22.2. The highest BCUT2D eigenvalue weighted by molar-refractivity contribution is 9.10. The van der Waals surface area contributed by atoms with Gasteiger partial charge in [0.2, 0.25) is 0 Å². The third-order valence-electron chi connectivity index (χ3n) is 8.57. The van der Waals surface area contributed by atoms with Crippen LogP contribution in [0.3, 0.4) is 0 Å². The fourth-order valence-corrected chi connectivity index (χ4v) is 7.14. The second kappa shape index (κ2) is 9.27. The third kappa shape index (κ3) is 3.58. The minimum Gasteiger partial charge on any atom is -0.376 e. The van der Waals surface area contributed by atoms with E-state index in [1.54, 1.807) is 0 Å². The van der Waals surface area contributed by atoms with Crippen LogP contribution in [0.5, 0.6) is 0 Å². The van der Waals surface area contributed by atoms with E-state index in [0.29, 0.717) is 0 Å². The molecule has 0 heterocycles. The molecule has 1 unspecified atom stereocenters. The lowest BCUT2D eigenvalue weighted by Crippen LogP contribution is -2.30. The molecule has 7 aromatic rings. The fraction of sp³-hybridized carbons (Fsp3) is 0.0256. The molecule has 0 saturated carbocycles. The van der Waals surface area contributed by atoms with Crippen molar-refractivity contribution in [3.63, 3.8) is 0 Å². The quantitative estimate of drug-likeness (QED) is 0.199. The lowest BCUT2D eigenvalue weighted by Gasteiger charge is -2.34. The summed E-state index contributed by atoms with van der Waals surface area (Å²) in [5.74, 6) is 0. The Morgan fingerprint density at radius 2 is 0.878 bits per heavy atom. The van der Waals surface area contributed by atoms with E-state index in [4.69, 9.17) is 0 Å². The van der Waals surface area contributed by atoms with Gasteiger partial charge in [0.1, 0.15) is 5.60 Å². The first-order valence-electron chi connectivity index (χ1n) is 13.9. The van der Waals surface area contributed by atoms with Crippen LogP contribution in [0.4, 0.5) is 0 Å². The number of hydrogen-bond acceptors (Lipinski definition) is 1. The van der Waals surface area contributed by atoms with Crippen molar-refractivity contribution >= 4 is 37.5 Å². The van der Waals surface area contributed by atoms with Gasteiger partial charge in [0.25, 0.3) is 0 Å². The number of halogens is 1. The van der Waals surface area contributed by atoms with Crippen LogP contribution in [0, 0.1) is 0 Å². The summed E-state index contributed by atoms with van der Waals surface area (Å²) < 4.78 is 0.931. The van der Waals surface area contributed by atoms with Crippen LogP contribution < -0.4 is 0 Å². The Morgan fingerprint density at radius 1 is 0.390 bits per heavy atom. The molecular weight excluding hydrogens is 564 g/mol. The molecule has 0 amide bonds. The first kappa shape index (κ1) is 24.3. The van der Waals surface area contributed by atoms with Gasteiger partial charge in [0.15, 0.2) is 0 Å². The normalized spacial score (nSPS) is 15.7. The summed E-state index contributed by atoms with van der Waals surface area (Å²) in [4.78, 5) is 0. The number of hydrogen-bond donors (Lipinski definition) is 1. The highest BCUT2D eigenvalue weighted by atomic mass is 79.9. The Labute approximate surface area is 247 Å². The highest BCUT2D eigenvalue weighted by Crippen LogP contribution is 2.53. The molecule has 194 valence electrons. The van der Waals surface area contributed by atoms with Gasteiger partial charge in [-0.05, 0) is 73.1 Å². The molecule has 8 rings (SSSR count). The van der Waals surface area contributed by atoms with Crippen LogP contribution in [-0.4, -0.2) is 5.11 Å². The van der Waals surface area contributed by atoms with E-state index in [-0.39, 0.29) is 0 Å². The van der Waals surface area contributed by atoms with Gasteiger partial charge in [-0.1, -0.05) is 143 Å². The molecule has 0 aromatic heterocycles. The summed E-state index contributed by atoms with van der Waals surface area (Å²) in [5.41, 5.74) is 7.62. The van der Waals surface area contributed by atoms with Gasteiger partial charge in [0, 0.05) is 21.2 Å². The molecule has 0 radical (unpaired) electrons. The van der Waals surface area contributed by atoms with Gasteiger partial charge in [-0.3, -0.25) is 0 Å². The molecule has 41 heavy (non-hydrogen) atoms. The predicted octanol–water partition coefficient (Wildman–Crippen LogP) is 10.4.